The van der Waals surface area contributed by atoms with Crippen molar-refractivity contribution in [3.63, 3.8) is 0 Å². The maximum atomic E-state index is 12.5. The van der Waals surface area contributed by atoms with Gasteiger partial charge in [0.05, 0.1) is 5.56 Å². The molecule has 0 atom stereocenters. The summed E-state index contributed by atoms with van der Waals surface area (Å²) < 4.78 is 25.8. The number of ether oxygens (including phenoxy) is 5. The van der Waals surface area contributed by atoms with Crippen LogP contribution in [0.2, 0.25) is 0 Å². The fourth-order valence-corrected chi connectivity index (χ4v) is 2.70. The van der Waals surface area contributed by atoms with E-state index >= 15 is 0 Å². The van der Waals surface area contributed by atoms with Gasteiger partial charge in [-0.3, -0.25) is 0 Å². The Morgan fingerprint density at radius 3 is 2.00 bits per heavy atom. The van der Waals surface area contributed by atoms with E-state index in [0.29, 0.717) is 28.4 Å². The lowest BCUT2D eigenvalue weighted by Gasteiger charge is -2.10. The van der Waals surface area contributed by atoms with E-state index < -0.39 is 17.9 Å². The highest BCUT2D eigenvalue weighted by atomic mass is 16.7. The number of carbonyl (C=O) groups is 3. The first kappa shape index (κ1) is 24.1. The van der Waals surface area contributed by atoms with Gasteiger partial charge in [0.15, 0.2) is 0 Å². The van der Waals surface area contributed by atoms with Gasteiger partial charge in [-0.15, -0.1) is 0 Å². The molecule has 0 bridgehead atoms. The van der Waals surface area contributed by atoms with E-state index in [1.165, 1.54) is 0 Å². The van der Waals surface area contributed by atoms with Crippen molar-refractivity contribution in [1.29, 1.82) is 0 Å². The van der Waals surface area contributed by atoms with Crippen LogP contribution in [0.4, 0.5) is 0 Å². The van der Waals surface area contributed by atoms with Crippen LogP contribution in [0.3, 0.4) is 0 Å². The van der Waals surface area contributed by atoms with Crippen LogP contribution in [-0.2, 0) is 19.1 Å². The monoisotopic (exact) mass is 462 g/mol. The second-order valence-corrected chi connectivity index (χ2v) is 6.99. The zero-order valence-electron chi connectivity index (χ0n) is 18.4. The number of benzene rings is 3. The molecule has 0 N–H and O–H groups in total. The van der Waals surface area contributed by atoms with Crippen molar-refractivity contribution >= 4 is 28.7 Å². The van der Waals surface area contributed by atoms with Crippen molar-refractivity contribution in [2.75, 3.05) is 13.6 Å². The number of hydrogen-bond acceptors (Lipinski definition) is 8. The molecule has 0 saturated heterocycles. The van der Waals surface area contributed by atoms with Crippen LogP contribution in [-0.4, -0.2) is 31.5 Å². The number of fused-ring (bicyclic) bond motifs is 1. The Hall–Kier alpha value is -4.59. The second-order valence-electron chi connectivity index (χ2n) is 6.99. The first-order chi connectivity index (χ1) is 16.4. The van der Waals surface area contributed by atoms with Gasteiger partial charge in [-0.05, 0) is 66.2 Å². The Labute approximate surface area is 195 Å². The normalized spacial score (nSPS) is 10.1. The van der Waals surface area contributed by atoms with E-state index in [1.807, 2.05) is 0 Å². The van der Waals surface area contributed by atoms with Crippen LogP contribution in [0.5, 0.6) is 17.2 Å². The van der Waals surface area contributed by atoms with Gasteiger partial charge in [-0.25, -0.2) is 14.4 Å². The van der Waals surface area contributed by atoms with E-state index in [4.69, 9.17) is 23.7 Å². The van der Waals surface area contributed by atoms with Gasteiger partial charge in [0.1, 0.15) is 17.2 Å². The molecular formula is C26H22O8. The molecule has 0 radical (unpaired) electrons. The molecule has 34 heavy (non-hydrogen) atoms. The summed E-state index contributed by atoms with van der Waals surface area (Å²) in [6.07, 6.45) is 1.03. The molecule has 3 aromatic carbocycles. The molecule has 0 heterocycles. The zero-order valence-corrected chi connectivity index (χ0v) is 18.4. The summed E-state index contributed by atoms with van der Waals surface area (Å²) in [5.41, 5.74) is 0.614. The average molecular weight is 462 g/mol. The molecule has 8 nitrogen and oxygen atoms in total. The molecule has 174 valence electrons. The van der Waals surface area contributed by atoms with Crippen molar-refractivity contribution in [2.45, 2.75) is 6.92 Å². The molecule has 3 aromatic rings. The van der Waals surface area contributed by atoms with E-state index in [1.54, 1.807) is 67.6 Å². The molecule has 0 saturated carbocycles. The third-order valence-corrected chi connectivity index (χ3v) is 4.44. The van der Waals surface area contributed by atoms with Crippen molar-refractivity contribution in [1.82, 2.24) is 0 Å². The van der Waals surface area contributed by atoms with Gasteiger partial charge >= 0.3 is 17.9 Å². The van der Waals surface area contributed by atoms with E-state index in [0.717, 1.165) is 16.8 Å². The fraction of sp³-hybridized carbons (Fsp3) is 0.115. The standard InChI is InChI=1S/C26H22O8/c1-4-24(27)32-15-30-21-9-5-18(6-10-21)26(29)34-23-12-8-19-13-22(11-7-20(19)14-23)31-16-33-25(28)17(2)3/h4-14H,1-2,15-16H2,3H3. The highest BCUT2D eigenvalue weighted by molar-refractivity contribution is 5.92. The third-order valence-electron chi connectivity index (χ3n) is 4.44. The Morgan fingerprint density at radius 2 is 1.35 bits per heavy atom. The number of carbonyl (C=O) groups excluding carboxylic acids is 3. The van der Waals surface area contributed by atoms with E-state index in [-0.39, 0.29) is 13.6 Å². The molecule has 0 spiro atoms. The largest absolute Gasteiger partial charge is 0.457 e. The topological polar surface area (TPSA) is 97.4 Å². The van der Waals surface area contributed by atoms with Crippen LogP contribution in [0, 0.1) is 0 Å². The Balaban J connectivity index is 1.57. The molecular weight excluding hydrogens is 440 g/mol. The lowest BCUT2D eigenvalue weighted by atomic mass is 10.1. The summed E-state index contributed by atoms with van der Waals surface area (Å²) in [6, 6.07) is 16.7. The third kappa shape index (κ3) is 6.70. The van der Waals surface area contributed by atoms with E-state index in [9.17, 15) is 14.4 Å². The maximum Gasteiger partial charge on any atom is 0.343 e. The first-order valence-electron chi connectivity index (χ1n) is 10.1. The van der Waals surface area contributed by atoms with Gasteiger partial charge < -0.3 is 23.7 Å². The summed E-state index contributed by atoms with van der Waals surface area (Å²) in [4.78, 5) is 34.9. The molecule has 0 aliphatic rings. The molecule has 0 amide bonds. The minimum Gasteiger partial charge on any atom is -0.457 e. The van der Waals surface area contributed by atoms with Gasteiger partial charge in [-0.1, -0.05) is 25.3 Å². The average Bonchev–Trinajstić information content (AvgIpc) is 2.84. The number of rotatable bonds is 10. The summed E-state index contributed by atoms with van der Waals surface area (Å²) in [5.74, 6) is -0.340. The summed E-state index contributed by atoms with van der Waals surface area (Å²) >= 11 is 0. The minimum absolute atomic E-state index is 0.225. The highest BCUT2D eigenvalue weighted by Gasteiger charge is 2.10. The summed E-state index contributed by atoms with van der Waals surface area (Å²) in [7, 11) is 0. The molecule has 8 heteroatoms. The molecule has 0 aliphatic carbocycles. The highest BCUT2D eigenvalue weighted by Crippen LogP contribution is 2.26. The second kappa shape index (κ2) is 11.3. The van der Waals surface area contributed by atoms with Crippen molar-refractivity contribution < 1.29 is 38.1 Å². The van der Waals surface area contributed by atoms with E-state index in [2.05, 4.69) is 13.2 Å². The van der Waals surface area contributed by atoms with Crippen LogP contribution >= 0.6 is 0 Å². The smallest absolute Gasteiger partial charge is 0.343 e. The van der Waals surface area contributed by atoms with Crippen molar-refractivity contribution in [2.24, 2.45) is 0 Å². The Bertz CT molecular complexity index is 1230. The summed E-state index contributed by atoms with van der Waals surface area (Å²) in [6.45, 7) is 7.85. The number of esters is 3. The Morgan fingerprint density at radius 1 is 0.794 bits per heavy atom. The molecule has 0 aromatic heterocycles. The predicted molar refractivity (Wildman–Crippen MR) is 124 cm³/mol. The molecule has 0 unspecified atom stereocenters. The van der Waals surface area contributed by atoms with Crippen LogP contribution in [0.25, 0.3) is 10.8 Å². The van der Waals surface area contributed by atoms with Crippen LogP contribution in [0.1, 0.15) is 17.3 Å². The molecule has 0 aliphatic heterocycles. The predicted octanol–water partition coefficient (Wildman–Crippen LogP) is 4.58. The zero-order chi connectivity index (χ0) is 24.5. The quantitative estimate of drug-likeness (QED) is 0.187. The maximum absolute atomic E-state index is 12.5. The van der Waals surface area contributed by atoms with Gasteiger partial charge in [-0.2, -0.15) is 0 Å². The first-order valence-corrected chi connectivity index (χ1v) is 10.1. The number of hydrogen-bond donors (Lipinski definition) is 0. The molecule has 0 fully saturated rings. The van der Waals surface area contributed by atoms with Crippen LogP contribution < -0.4 is 14.2 Å². The van der Waals surface area contributed by atoms with Crippen molar-refractivity contribution in [3.8, 4) is 17.2 Å². The van der Waals surface area contributed by atoms with Gasteiger partial charge in [0, 0.05) is 11.6 Å². The Kier molecular flexibility index (Phi) is 8.02. The lowest BCUT2D eigenvalue weighted by molar-refractivity contribution is -0.145. The van der Waals surface area contributed by atoms with Crippen molar-refractivity contribution in [3.05, 3.63) is 91.0 Å². The molecule has 3 rings (SSSR count). The van der Waals surface area contributed by atoms with Gasteiger partial charge in [0.2, 0.25) is 13.6 Å². The summed E-state index contributed by atoms with van der Waals surface area (Å²) in [5, 5.41) is 1.68. The lowest BCUT2D eigenvalue weighted by Crippen LogP contribution is -2.10. The van der Waals surface area contributed by atoms with Crippen LogP contribution in [0.15, 0.2) is 85.5 Å². The minimum atomic E-state index is -0.594. The SMILES string of the molecule is C=CC(=O)OCOc1ccc(C(=O)Oc2ccc3cc(OCOC(=O)C(=C)C)ccc3c2)cc1. The fourth-order valence-electron chi connectivity index (χ4n) is 2.70. The van der Waals surface area contributed by atoms with Gasteiger partial charge in [0.25, 0.3) is 0 Å².